The first-order valence-electron chi connectivity index (χ1n) is 6.63. The van der Waals surface area contributed by atoms with E-state index in [2.05, 4.69) is 14.7 Å². The molecule has 1 aromatic heterocycles. The van der Waals surface area contributed by atoms with Gasteiger partial charge in [-0.2, -0.15) is 0 Å². The maximum absolute atomic E-state index is 12.1. The molecule has 0 bridgehead atoms. The zero-order valence-electron chi connectivity index (χ0n) is 12.0. The smallest absolute Gasteiger partial charge is 0.436 e. The number of halogens is 3. The van der Waals surface area contributed by atoms with Crippen molar-refractivity contribution < 1.29 is 22.3 Å². The second-order valence-electron chi connectivity index (χ2n) is 4.71. The van der Waals surface area contributed by atoms with Gasteiger partial charge >= 0.3 is 6.36 Å². The van der Waals surface area contributed by atoms with Crippen LogP contribution in [0.3, 0.4) is 0 Å². The highest BCUT2D eigenvalue weighted by Gasteiger charge is 2.31. The molecule has 118 valence electrons. The Morgan fingerprint density at radius 3 is 2.52 bits per heavy atom. The lowest BCUT2D eigenvalue weighted by molar-refractivity contribution is -0.274. The molecule has 2 aromatic carbocycles. The van der Waals surface area contributed by atoms with Gasteiger partial charge in [0.05, 0.1) is 0 Å². The third-order valence-corrected chi connectivity index (χ3v) is 3.02. The number of benzene rings is 2. The van der Waals surface area contributed by atoms with Crippen molar-refractivity contribution >= 4 is 17.3 Å². The summed E-state index contributed by atoms with van der Waals surface area (Å²) in [5, 5.41) is 0. The van der Waals surface area contributed by atoms with Crippen molar-refractivity contribution in [2.24, 2.45) is 4.99 Å². The van der Waals surface area contributed by atoms with E-state index < -0.39 is 6.36 Å². The Hall–Kier alpha value is -2.83. The van der Waals surface area contributed by atoms with Crippen molar-refractivity contribution in [3.8, 4) is 17.2 Å². The Kier molecular flexibility index (Phi) is 3.77. The zero-order chi connectivity index (χ0) is 16.4. The molecule has 0 fully saturated rings. The van der Waals surface area contributed by atoms with Gasteiger partial charge in [-0.25, -0.2) is 4.98 Å². The SMILES string of the molecule is C/N=C/c1ccc2oc(-c3ccc(OC(F)(F)F)cc3)nc2c1. The number of nitrogens with zero attached hydrogens (tertiary/aromatic N) is 2. The van der Waals surface area contributed by atoms with Gasteiger partial charge in [0, 0.05) is 18.8 Å². The van der Waals surface area contributed by atoms with E-state index in [-0.39, 0.29) is 5.75 Å². The minimum atomic E-state index is -4.71. The Bertz CT molecular complexity index is 852. The van der Waals surface area contributed by atoms with Crippen molar-refractivity contribution in [3.63, 3.8) is 0 Å². The molecule has 0 radical (unpaired) electrons. The van der Waals surface area contributed by atoms with Gasteiger partial charge in [-0.05, 0) is 48.0 Å². The molecule has 0 atom stereocenters. The maximum atomic E-state index is 12.1. The van der Waals surface area contributed by atoms with E-state index in [0.29, 0.717) is 22.6 Å². The Labute approximate surface area is 129 Å². The molecular formula is C16H11F3N2O2. The van der Waals surface area contributed by atoms with Gasteiger partial charge in [0.1, 0.15) is 11.3 Å². The van der Waals surface area contributed by atoms with Crippen LogP contribution in [0.5, 0.6) is 5.75 Å². The predicted octanol–water partition coefficient (Wildman–Crippen LogP) is 4.44. The molecule has 0 amide bonds. The quantitative estimate of drug-likeness (QED) is 0.670. The number of ether oxygens (including phenoxy) is 1. The standard InChI is InChI=1S/C16H11F3N2O2/c1-20-9-10-2-7-14-13(8-10)21-15(22-14)11-3-5-12(6-4-11)23-16(17,18)19/h2-9H,1H3/b20-9+. The van der Waals surface area contributed by atoms with Crippen molar-refractivity contribution in [1.29, 1.82) is 0 Å². The first-order chi connectivity index (χ1) is 10.9. The zero-order valence-corrected chi connectivity index (χ0v) is 12.0. The molecule has 3 aromatic rings. The topological polar surface area (TPSA) is 47.6 Å². The van der Waals surface area contributed by atoms with Gasteiger partial charge < -0.3 is 9.15 Å². The number of oxazole rings is 1. The summed E-state index contributed by atoms with van der Waals surface area (Å²) in [4.78, 5) is 8.27. The lowest BCUT2D eigenvalue weighted by atomic mass is 10.2. The van der Waals surface area contributed by atoms with Crippen LogP contribution in [0.1, 0.15) is 5.56 Å². The van der Waals surface area contributed by atoms with Crippen LogP contribution in [0.2, 0.25) is 0 Å². The van der Waals surface area contributed by atoms with Crippen LogP contribution < -0.4 is 4.74 Å². The van der Waals surface area contributed by atoms with Gasteiger partial charge in [0.25, 0.3) is 0 Å². The van der Waals surface area contributed by atoms with Gasteiger partial charge in [-0.3, -0.25) is 4.99 Å². The predicted molar refractivity (Wildman–Crippen MR) is 79.6 cm³/mol. The molecule has 0 N–H and O–H groups in total. The molecule has 23 heavy (non-hydrogen) atoms. The van der Waals surface area contributed by atoms with Crippen LogP contribution in [-0.2, 0) is 0 Å². The summed E-state index contributed by atoms with van der Waals surface area (Å²) in [5.74, 6) is 0.0305. The van der Waals surface area contributed by atoms with Crippen LogP contribution in [-0.4, -0.2) is 24.6 Å². The molecule has 0 saturated carbocycles. The average Bonchev–Trinajstić information content (AvgIpc) is 2.90. The molecular weight excluding hydrogens is 309 g/mol. The lowest BCUT2D eigenvalue weighted by Gasteiger charge is -2.08. The summed E-state index contributed by atoms with van der Waals surface area (Å²) in [7, 11) is 1.67. The number of fused-ring (bicyclic) bond motifs is 1. The van der Waals surface area contributed by atoms with Gasteiger partial charge in [0.2, 0.25) is 5.89 Å². The number of hydrogen-bond donors (Lipinski definition) is 0. The third-order valence-electron chi connectivity index (χ3n) is 3.02. The molecule has 7 heteroatoms. The highest BCUT2D eigenvalue weighted by atomic mass is 19.4. The Morgan fingerprint density at radius 2 is 1.87 bits per heavy atom. The monoisotopic (exact) mass is 320 g/mol. The van der Waals surface area contributed by atoms with Crippen LogP contribution >= 0.6 is 0 Å². The number of aromatic nitrogens is 1. The maximum Gasteiger partial charge on any atom is 0.573 e. The largest absolute Gasteiger partial charge is 0.573 e. The summed E-state index contributed by atoms with van der Waals surface area (Å²) < 4.78 is 45.9. The fourth-order valence-electron chi connectivity index (χ4n) is 2.10. The minimum Gasteiger partial charge on any atom is -0.436 e. The van der Waals surface area contributed by atoms with Crippen molar-refractivity contribution in [2.45, 2.75) is 6.36 Å². The third kappa shape index (κ3) is 3.50. The van der Waals surface area contributed by atoms with E-state index in [0.717, 1.165) is 5.56 Å². The molecule has 4 nitrogen and oxygen atoms in total. The van der Waals surface area contributed by atoms with E-state index in [1.807, 2.05) is 12.1 Å². The summed E-state index contributed by atoms with van der Waals surface area (Å²) in [6, 6.07) is 10.8. The Morgan fingerprint density at radius 1 is 1.13 bits per heavy atom. The summed E-state index contributed by atoms with van der Waals surface area (Å²) in [6.07, 6.45) is -3.02. The van der Waals surface area contributed by atoms with Crippen molar-refractivity contribution in [2.75, 3.05) is 7.05 Å². The molecule has 1 heterocycles. The first-order valence-corrected chi connectivity index (χ1v) is 6.63. The molecule has 0 aliphatic heterocycles. The lowest BCUT2D eigenvalue weighted by Crippen LogP contribution is -2.16. The first kappa shape index (κ1) is 15.1. The normalized spacial score (nSPS) is 12.2. The minimum absolute atomic E-state index is 0.293. The van der Waals surface area contributed by atoms with E-state index >= 15 is 0 Å². The van der Waals surface area contributed by atoms with E-state index in [1.165, 1.54) is 24.3 Å². The number of hydrogen-bond acceptors (Lipinski definition) is 4. The fraction of sp³-hybridized carbons (Fsp3) is 0.125. The second-order valence-corrected chi connectivity index (χ2v) is 4.71. The number of rotatable bonds is 3. The van der Waals surface area contributed by atoms with E-state index in [1.54, 1.807) is 19.3 Å². The molecule has 0 unspecified atom stereocenters. The molecule has 0 saturated heterocycles. The highest BCUT2D eigenvalue weighted by Crippen LogP contribution is 2.28. The van der Waals surface area contributed by atoms with Gasteiger partial charge in [-0.1, -0.05) is 0 Å². The van der Waals surface area contributed by atoms with Crippen LogP contribution in [0, 0.1) is 0 Å². The molecule has 0 aliphatic rings. The van der Waals surface area contributed by atoms with Crippen molar-refractivity contribution in [3.05, 3.63) is 48.0 Å². The molecule has 0 aliphatic carbocycles. The van der Waals surface area contributed by atoms with Crippen LogP contribution in [0.4, 0.5) is 13.2 Å². The van der Waals surface area contributed by atoms with Gasteiger partial charge in [0.15, 0.2) is 5.58 Å². The Balaban J connectivity index is 1.90. The van der Waals surface area contributed by atoms with Crippen LogP contribution in [0.25, 0.3) is 22.6 Å². The summed E-state index contributed by atoms with van der Waals surface area (Å²) in [5.41, 5.74) is 2.67. The summed E-state index contributed by atoms with van der Waals surface area (Å²) >= 11 is 0. The average molecular weight is 320 g/mol. The number of alkyl halides is 3. The summed E-state index contributed by atoms with van der Waals surface area (Å²) in [6.45, 7) is 0. The molecule has 3 rings (SSSR count). The van der Waals surface area contributed by atoms with Crippen LogP contribution in [0.15, 0.2) is 51.9 Å². The van der Waals surface area contributed by atoms with Crippen molar-refractivity contribution in [1.82, 2.24) is 4.98 Å². The van der Waals surface area contributed by atoms with E-state index in [9.17, 15) is 13.2 Å². The molecule has 0 spiro atoms. The van der Waals surface area contributed by atoms with Gasteiger partial charge in [-0.15, -0.1) is 13.2 Å². The highest BCUT2D eigenvalue weighted by molar-refractivity contribution is 5.87. The second kappa shape index (κ2) is 5.75. The van der Waals surface area contributed by atoms with E-state index in [4.69, 9.17) is 4.42 Å². The fourth-order valence-corrected chi connectivity index (χ4v) is 2.10. The number of aliphatic imine (C=N–C) groups is 1.